The first-order chi connectivity index (χ1) is 10.2. The van der Waals surface area contributed by atoms with Crippen molar-refractivity contribution in [3.05, 3.63) is 42.2 Å². The molecule has 0 bridgehead atoms. The zero-order valence-electron chi connectivity index (χ0n) is 11.7. The van der Waals surface area contributed by atoms with Gasteiger partial charge in [0.2, 0.25) is 5.89 Å². The predicted molar refractivity (Wildman–Crippen MR) is 76.0 cm³/mol. The summed E-state index contributed by atoms with van der Waals surface area (Å²) in [5.41, 5.74) is 6.45. The second-order valence-electron chi connectivity index (χ2n) is 5.09. The van der Waals surface area contributed by atoms with E-state index < -0.39 is 0 Å². The van der Waals surface area contributed by atoms with Gasteiger partial charge in [0.15, 0.2) is 5.76 Å². The third-order valence-corrected chi connectivity index (χ3v) is 3.53. The molecule has 1 aliphatic heterocycles. The van der Waals surface area contributed by atoms with E-state index in [4.69, 9.17) is 14.9 Å². The first-order valence-electron chi connectivity index (χ1n) is 6.99. The lowest BCUT2D eigenvalue weighted by atomic mass is 10.2. The summed E-state index contributed by atoms with van der Waals surface area (Å²) >= 11 is 0. The molecule has 0 aliphatic carbocycles. The van der Waals surface area contributed by atoms with E-state index in [9.17, 15) is 4.39 Å². The monoisotopic (exact) mass is 291 g/mol. The number of morpholine rings is 1. The molecule has 1 saturated heterocycles. The molecule has 0 radical (unpaired) electrons. The molecule has 0 saturated carbocycles. The fourth-order valence-corrected chi connectivity index (χ4v) is 2.39. The lowest BCUT2D eigenvalue weighted by Gasteiger charge is -2.31. The van der Waals surface area contributed by atoms with Crippen molar-refractivity contribution < 1.29 is 13.5 Å². The first kappa shape index (κ1) is 14.2. The summed E-state index contributed by atoms with van der Waals surface area (Å²) in [5, 5.41) is 0. The van der Waals surface area contributed by atoms with Gasteiger partial charge in [-0.1, -0.05) is 0 Å². The smallest absolute Gasteiger partial charge is 0.209 e. The Morgan fingerprint density at radius 1 is 1.33 bits per heavy atom. The maximum absolute atomic E-state index is 12.9. The Kier molecular flexibility index (Phi) is 4.28. The number of oxazole rings is 1. The van der Waals surface area contributed by atoms with Crippen LogP contribution in [0.1, 0.15) is 5.89 Å². The van der Waals surface area contributed by atoms with Crippen LogP contribution >= 0.6 is 0 Å². The number of aromatic nitrogens is 1. The number of hydrogen-bond acceptors (Lipinski definition) is 5. The van der Waals surface area contributed by atoms with E-state index in [1.165, 1.54) is 12.1 Å². The highest BCUT2D eigenvalue weighted by molar-refractivity contribution is 5.55. The normalized spacial score (nSPS) is 19.8. The molecule has 1 fully saturated rings. The molecule has 1 aliphatic rings. The van der Waals surface area contributed by atoms with Gasteiger partial charge in [-0.3, -0.25) is 4.90 Å². The van der Waals surface area contributed by atoms with E-state index in [2.05, 4.69) is 9.88 Å². The van der Waals surface area contributed by atoms with Gasteiger partial charge in [0, 0.05) is 25.2 Å². The van der Waals surface area contributed by atoms with Crippen LogP contribution in [0, 0.1) is 5.82 Å². The molecule has 0 amide bonds. The molecular weight excluding hydrogens is 273 g/mol. The molecule has 0 spiro atoms. The van der Waals surface area contributed by atoms with Gasteiger partial charge in [-0.2, -0.15) is 0 Å². The lowest BCUT2D eigenvalue weighted by Crippen LogP contribution is -2.45. The number of hydrogen-bond donors (Lipinski definition) is 1. The Labute approximate surface area is 122 Å². The van der Waals surface area contributed by atoms with Crippen LogP contribution in [0.3, 0.4) is 0 Å². The minimum Gasteiger partial charge on any atom is -0.439 e. The maximum Gasteiger partial charge on any atom is 0.209 e. The van der Waals surface area contributed by atoms with Crippen LogP contribution in [0.15, 0.2) is 34.9 Å². The highest BCUT2D eigenvalue weighted by Crippen LogP contribution is 2.21. The number of rotatable bonds is 4. The van der Waals surface area contributed by atoms with Crippen LogP contribution in [0.25, 0.3) is 11.3 Å². The van der Waals surface area contributed by atoms with Gasteiger partial charge in [0.1, 0.15) is 5.82 Å². The average molecular weight is 291 g/mol. The van der Waals surface area contributed by atoms with E-state index >= 15 is 0 Å². The van der Waals surface area contributed by atoms with Crippen molar-refractivity contribution in [3.8, 4) is 11.3 Å². The predicted octanol–water partition coefficient (Wildman–Crippen LogP) is 1.64. The minimum absolute atomic E-state index is 0.0743. The molecule has 112 valence electrons. The van der Waals surface area contributed by atoms with E-state index in [1.807, 2.05) is 0 Å². The Hall–Kier alpha value is -1.76. The van der Waals surface area contributed by atoms with E-state index in [0.717, 1.165) is 18.7 Å². The topological polar surface area (TPSA) is 64.5 Å². The molecule has 1 aromatic carbocycles. The van der Waals surface area contributed by atoms with Gasteiger partial charge < -0.3 is 14.9 Å². The summed E-state index contributed by atoms with van der Waals surface area (Å²) in [6.07, 6.45) is 1.74. The van der Waals surface area contributed by atoms with Crippen LogP contribution in [-0.2, 0) is 11.3 Å². The van der Waals surface area contributed by atoms with E-state index in [0.29, 0.717) is 31.3 Å². The molecule has 6 heteroatoms. The number of halogens is 1. The molecule has 2 aromatic rings. The Balaban J connectivity index is 1.66. The van der Waals surface area contributed by atoms with Crippen molar-refractivity contribution in [3.63, 3.8) is 0 Å². The number of benzene rings is 1. The zero-order valence-corrected chi connectivity index (χ0v) is 11.7. The van der Waals surface area contributed by atoms with Crippen molar-refractivity contribution in [1.29, 1.82) is 0 Å². The summed E-state index contributed by atoms with van der Waals surface area (Å²) in [7, 11) is 0. The minimum atomic E-state index is -0.264. The van der Waals surface area contributed by atoms with Crippen molar-refractivity contribution in [1.82, 2.24) is 9.88 Å². The van der Waals surface area contributed by atoms with Crippen molar-refractivity contribution in [2.45, 2.75) is 12.6 Å². The second-order valence-corrected chi connectivity index (χ2v) is 5.09. The number of ether oxygens (including phenoxy) is 1. The maximum atomic E-state index is 12.9. The van der Waals surface area contributed by atoms with E-state index in [-0.39, 0.29) is 11.9 Å². The molecule has 1 aromatic heterocycles. The van der Waals surface area contributed by atoms with Gasteiger partial charge in [-0.15, -0.1) is 0 Å². The molecule has 1 atom stereocenters. The molecule has 3 rings (SSSR count). The van der Waals surface area contributed by atoms with Crippen molar-refractivity contribution in [2.75, 3.05) is 26.2 Å². The average Bonchev–Trinajstić information content (AvgIpc) is 2.96. The molecule has 21 heavy (non-hydrogen) atoms. The van der Waals surface area contributed by atoms with Gasteiger partial charge in [0.05, 0.1) is 25.5 Å². The lowest BCUT2D eigenvalue weighted by molar-refractivity contribution is -0.0283. The molecule has 2 N–H and O–H groups in total. The van der Waals surface area contributed by atoms with Crippen LogP contribution in [-0.4, -0.2) is 42.2 Å². The third kappa shape index (κ3) is 3.47. The van der Waals surface area contributed by atoms with E-state index in [1.54, 1.807) is 18.3 Å². The highest BCUT2D eigenvalue weighted by Gasteiger charge is 2.20. The summed E-state index contributed by atoms with van der Waals surface area (Å²) in [4.78, 5) is 6.50. The van der Waals surface area contributed by atoms with Crippen LogP contribution in [0.2, 0.25) is 0 Å². The van der Waals surface area contributed by atoms with Crippen LogP contribution in [0.4, 0.5) is 4.39 Å². The van der Waals surface area contributed by atoms with Crippen LogP contribution < -0.4 is 5.73 Å². The fourth-order valence-electron chi connectivity index (χ4n) is 2.39. The molecule has 2 heterocycles. The van der Waals surface area contributed by atoms with Gasteiger partial charge >= 0.3 is 0 Å². The fraction of sp³-hybridized carbons (Fsp3) is 0.400. The summed E-state index contributed by atoms with van der Waals surface area (Å²) in [6, 6.07) is 6.17. The van der Waals surface area contributed by atoms with Crippen molar-refractivity contribution in [2.24, 2.45) is 5.73 Å². The Bertz CT molecular complexity index is 585. The molecule has 1 unspecified atom stereocenters. The molecular formula is C15H18FN3O2. The Morgan fingerprint density at radius 3 is 2.90 bits per heavy atom. The zero-order chi connectivity index (χ0) is 14.7. The van der Waals surface area contributed by atoms with Gasteiger partial charge in [0.25, 0.3) is 0 Å². The summed E-state index contributed by atoms with van der Waals surface area (Å²) < 4.78 is 24.2. The van der Waals surface area contributed by atoms with Gasteiger partial charge in [-0.05, 0) is 24.3 Å². The first-order valence-corrected chi connectivity index (χ1v) is 6.99. The standard InChI is InChI=1S/C15H18FN3O2/c16-12-3-1-11(2-4-12)14-8-18-15(21-14)10-19-5-6-20-13(7-17)9-19/h1-4,8,13H,5-7,9-10,17H2. The largest absolute Gasteiger partial charge is 0.439 e. The third-order valence-electron chi connectivity index (χ3n) is 3.53. The summed E-state index contributed by atoms with van der Waals surface area (Å²) in [6.45, 7) is 3.44. The van der Waals surface area contributed by atoms with Crippen molar-refractivity contribution >= 4 is 0 Å². The quantitative estimate of drug-likeness (QED) is 0.927. The number of nitrogens with zero attached hydrogens (tertiary/aromatic N) is 2. The van der Waals surface area contributed by atoms with Crippen LogP contribution in [0.5, 0.6) is 0 Å². The Morgan fingerprint density at radius 2 is 2.14 bits per heavy atom. The number of nitrogens with two attached hydrogens (primary N) is 1. The second kappa shape index (κ2) is 6.34. The molecule has 5 nitrogen and oxygen atoms in total. The summed E-state index contributed by atoms with van der Waals surface area (Å²) in [5.74, 6) is 1.03. The van der Waals surface area contributed by atoms with Gasteiger partial charge in [-0.25, -0.2) is 9.37 Å². The highest BCUT2D eigenvalue weighted by atomic mass is 19.1. The SMILES string of the molecule is NCC1CN(Cc2ncc(-c3ccc(F)cc3)o2)CCO1.